The van der Waals surface area contributed by atoms with Crippen LogP contribution in [0, 0.1) is 17.5 Å². The molecule has 1 saturated carbocycles. The van der Waals surface area contributed by atoms with Gasteiger partial charge in [0.05, 0.1) is 12.2 Å². The van der Waals surface area contributed by atoms with E-state index in [-0.39, 0.29) is 35.6 Å². The van der Waals surface area contributed by atoms with Gasteiger partial charge < -0.3 is 20.5 Å². The van der Waals surface area contributed by atoms with Crippen molar-refractivity contribution in [3.8, 4) is 11.4 Å². The summed E-state index contributed by atoms with van der Waals surface area (Å²) in [6, 6.07) is 17.1. The number of hydrogen-bond acceptors (Lipinski definition) is 7. The minimum absolute atomic E-state index is 0.0636. The average Bonchev–Trinajstić information content (AvgIpc) is 3.53. The fraction of sp³-hybridized carbons (Fsp3) is 0.265. The van der Waals surface area contributed by atoms with Crippen LogP contribution in [0.3, 0.4) is 0 Å². The Balaban J connectivity index is 1.24. The maximum Gasteiger partial charge on any atom is 0.328 e. The lowest BCUT2D eigenvalue weighted by Crippen LogP contribution is -2.33. The normalized spacial score (nSPS) is 13.8. The number of nitrogens with zero attached hydrogens (tertiary/aromatic N) is 1. The number of carbonyl (C=O) groups excluding carboxylic acids is 2. The van der Waals surface area contributed by atoms with Crippen LogP contribution in [0.2, 0.25) is 0 Å². The van der Waals surface area contributed by atoms with Gasteiger partial charge in [0.2, 0.25) is 0 Å². The van der Waals surface area contributed by atoms with Crippen LogP contribution in [0.4, 0.5) is 19.0 Å². The molecule has 1 heterocycles. The largest absolute Gasteiger partial charge is 0.493 e. The second kappa shape index (κ2) is 14.3. The van der Waals surface area contributed by atoms with Crippen molar-refractivity contribution in [3.05, 3.63) is 123 Å². The lowest BCUT2D eigenvalue weighted by atomic mass is 10.0. The number of ether oxygens (including phenoxy) is 2. The standard InChI is InChI=1S/C34H32F3N3O5/c35-23-13-11-22(12-14-23)32(42)26-15-16-29(41)40(33(26)38)31-27(36)19-25(20-28(31)37)44-18-6-17-39-30(21-7-2-1-3-8-21)34(43)45-24-9-4-5-10-24/h1-3,7-8,11-16,19-20,24,30,39H,4-6,9-10,17-18,38H2/t30-/m0/s1. The number of halogens is 3. The van der Waals surface area contributed by atoms with Gasteiger partial charge in [-0.1, -0.05) is 30.3 Å². The third-order valence-corrected chi connectivity index (χ3v) is 7.59. The van der Waals surface area contributed by atoms with E-state index in [0.29, 0.717) is 17.5 Å². The van der Waals surface area contributed by atoms with E-state index < -0.39 is 46.3 Å². The van der Waals surface area contributed by atoms with Crippen molar-refractivity contribution in [2.24, 2.45) is 0 Å². The third kappa shape index (κ3) is 7.43. The van der Waals surface area contributed by atoms with E-state index in [4.69, 9.17) is 15.2 Å². The molecule has 45 heavy (non-hydrogen) atoms. The lowest BCUT2D eigenvalue weighted by molar-refractivity contribution is -0.151. The average molecular weight is 620 g/mol. The van der Waals surface area contributed by atoms with Crippen molar-refractivity contribution < 1.29 is 32.2 Å². The predicted molar refractivity (Wildman–Crippen MR) is 162 cm³/mol. The van der Waals surface area contributed by atoms with Gasteiger partial charge in [0.1, 0.15) is 35.2 Å². The molecule has 3 aromatic carbocycles. The van der Waals surface area contributed by atoms with E-state index in [1.54, 1.807) is 0 Å². The Morgan fingerprint density at radius 2 is 1.60 bits per heavy atom. The molecule has 1 fully saturated rings. The highest BCUT2D eigenvalue weighted by atomic mass is 19.1. The summed E-state index contributed by atoms with van der Waals surface area (Å²) >= 11 is 0. The smallest absolute Gasteiger partial charge is 0.328 e. The summed E-state index contributed by atoms with van der Waals surface area (Å²) in [6.07, 6.45) is 4.10. The van der Waals surface area contributed by atoms with Crippen molar-refractivity contribution in [1.82, 2.24) is 9.88 Å². The van der Waals surface area contributed by atoms with Crippen LogP contribution in [0.25, 0.3) is 5.69 Å². The predicted octanol–water partition coefficient (Wildman–Crippen LogP) is 5.65. The Kier molecular flexibility index (Phi) is 9.99. The molecule has 5 rings (SSSR count). The Morgan fingerprint density at radius 3 is 2.27 bits per heavy atom. The SMILES string of the molecule is Nc1c(C(=O)c2ccc(F)cc2)ccc(=O)n1-c1c(F)cc(OCCCN[C@H](C(=O)OC2CCCC2)c2ccccc2)cc1F. The number of nitrogens with two attached hydrogens (primary N) is 1. The first-order valence-electron chi connectivity index (χ1n) is 14.7. The van der Waals surface area contributed by atoms with Crippen molar-refractivity contribution in [3.63, 3.8) is 0 Å². The minimum Gasteiger partial charge on any atom is -0.493 e. The van der Waals surface area contributed by atoms with Gasteiger partial charge in [-0.2, -0.15) is 0 Å². The molecular formula is C34H32F3N3O5. The van der Waals surface area contributed by atoms with Gasteiger partial charge >= 0.3 is 5.97 Å². The summed E-state index contributed by atoms with van der Waals surface area (Å²) in [5.74, 6) is -4.44. The zero-order chi connectivity index (χ0) is 31.9. The van der Waals surface area contributed by atoms with Crippen LogP contribution in [-0.2, 0) is 9.53 Å². The first-order valence-corrected chi connectivity index (χ1v) is 14.7. The van der Waals surface area contributed by atoms with Crippen molar-refractivity contribution in [2.45, 2.75) is 44.2 Å². The summed E-state index contributed by atoms with van der Waals surface area (Å²) in [5, 5.41) is 3.19. The fourth-order valence-corrected chi connectivity index (χ4v) is 5.30. The summed E-state index contributed by atoms with van der Waals surface area (Å²) < 4.78 is 55.7. The maximum atomic E-state index is 15.3. The molecule has 0 radical (unpaired) electrons. The maximum absolute atomic E-state index is 15.3. The van der Waals surface area contributed by atoms with Crippen LogP contribution in [0.15, 0.2) is 83.7 Å². The van der Waals surface area contributed by atoms with Crippen molar-refractivity contribution in [2.75, 3.05) is 18.9 Å². The van der Waals surface area contributed by atoms with Gasteiger partial charge in [-0.3, -0.25) is 14.2 Å². The second-order valence-corrected chi connectivity index (χ2v) is 10.7. The zero-order valence-corrected chi connectivity index (χ0v) is 24.3. The topological polar surface area (TPSA) is 113 Å². The number of anilines is 1. The van der Waals surface area contributed by atoms with E-state index in [2.05, 4.69) is 5.32 Å². The molecule has 1 atom stereocenters. The highest BCUT2D eigenvalue weighted by Crippen LogP contribution is 2.27. The van der Waals surface area contributed by atoms with Gasteiger partial charge in [0.25, 0.3) is 5.56 Å². The van der Waals surface area contributed by atoms with Gasteiger partial charge in [-0.05, 0) is 74.5 Å². The summed E-state index contributed by atoms with van der Waals surface area (Å²) in [4.78, 5) is 38.5. The molecule has 234 valence electrons. The van der Waals surface area contributed by atoms with E-state index in [0.717, 1.165) is 67.6 Å². The molecule has 8 nitrogen and oxygen atoms in total. The minimum atomic E-state index is -1.14. The summed E-state index contributed by atoms with van der Waals surface area (Å²) in [7, 11) is 0. The van der Waals surface area contributed by atoms with E-state index in [1.807, 2.05) is 30.3 Å². The fourth-order valence-electron chi connectivity index (χ4n) is 5.30. The number of hydrogen-bond donors (Lipinski definition) is 2. The molecule has 0 spiro atoms. The molecule has 4 aromatic rings. The number of nitrogen functional groups attached to an aromatic ring is 1. The first-order chi connectivity index (χ1) is 21.7. The number of esters is 1. The molecule has 11 heteroatoms. The van der Waals surface area contributed by atoms with Gasteiger partial charge in [0, 0.05) is 23.8 Å². The third-order valence-electron chi connectivity index (χ3n) is 7.59. The number of nitrogens with one attached hydrogen (secondary N) is 1. The van der Waals surface area contributed by atoms with E-state index in [9.17, 15) is 18.8 Å². The molecule has 1 aliphatic carbocycles. The Bertz CT molecular complexity index is 1700. The summed E-state index contributed by atoms with van der Waals surface area (Å²) in [6.45, 7) is 0.414. The number of aromatic nitrogens is 1. The number of benzene rings is 3. The highest BCUT2D eigenvalue weighted by Gasteiger charge is 2.27. The van der Waals surface area contributed by atoms with Crippen LogP contribution >= 0.6 is 0 Å². The Hall–Kier alpha value is -4.90. The molecule has 1 aromatic heterocycles. The summed E-state index contributed by atoms with van der Waals surface area (Å²) in [5.41, 5.74) is 5.09. The monoisotopic (exact) mass is 619 g/mol. The number of pyridine rings is 1. The second-order valence-electron chi connectivity index (χ2n) is 10.7. The first kappa shape index (κ1) is 31.5. The van der Waals surface area contributed by atoms with Gasteiger partial charge in [-0.15, -0.1) is 0 Å². The van der Waals surface area contributed by atoms with Gasteiger partial charge in [0.15, 0.2) is 17.4 Å². The molecule has 0 amide bonds. The molecule has 3 N–H and O–H groups in total. The Morgan fingerprint density at radius 1 is 0.933 bits per heavy atom. The van der Waals surface area contributed by atoms with Crippen molar-refractivity contribution in [1.29, 1.82) is 0 Å². The van der Waals surface area contributed by atoms with E-state index >= 15 is 8.78 Å². The lowest BCUT2D eigenvalue weighted by Gasteiger charge is -2.21. The molecule has 0 unspecified atom stereocenters. The molecule has 0 bridgehead atoms. The molecular weight excluding hydrogens is 587 g/mol. The highest BCUT2D eigenvalue weighted by molar-refractivity contribution is 6.11. The zero-order valence-electron chi connectivity index (χ0n) is 24.3. The molecule has 0 saturated heterocycles. The quantitative estimate of drug-likeness (QED) is 0.120. The van der Waals surface area contributed by atoms with E-state index in [1.165, 1.54) is 12.1 Å². The van der Waals surface area contributed by atoms with Crippen LogP contribution in [0.5, 0.6) is 5.75 Å². The Labute approximate surface area is 257 Å². The van der Waals surface area contributed by atoms with Gasteiger partial charge in [-0.25, -0.2) is 18.0 Å². The molecule has 1 aliphatic rings. The van der Waals surface area contributed by atoms with Crippen molar-refractivity contribution >= 4 is 17.6 Å². The van der Waals surface area contributed by atoms with Crippen LogP contribution < -0.4 is 21.3 Å². The number of ketones is 1. The number of carbonyl (C=O) groups is 2. The van der Waals surface area contributed by atoms with Crippen LogP contribution in [0.1, 0.15) is 59.6 Å². The number of rotatable bonds is 12. The molecule has 0 aliphatic heterocycles. The van der Waals surface area contributed by atoms with Crippen LogP contribution in [-0.4, -0.2) is 35.6 Å².